The van der Waals surface area contributed by atoms with Gasteiger partial charge in [-0.2, -0.15) is 0 Å². The second kappa shape index (κ2) is 4.24. The van der Waals surface area contributed by atoms with Crippen molar-refractivity contribution in [3.05, 3.63) is 40.9 Å². The second-order valence-electron chi connectivity index (χ2n) is 4.46. The molecule has 3 aromatic rings. The average Bonchev–Trinajstić information content (AvgIpc) is 2.84. The lowest BCUT2D eigenvalue weighted by atomic mass is 10.2. The summed E-state index contributed by atoms with van der Waals surface area (Å²) in [6, 6.07) is 7.92. The van der Waals surface area contributed by atoms with Crippen molar-refractivity contribution in [2.45, 2.75) is 0 Å². The van der Waals surface area contributed by atoms with Crippen LogP contribution in [-0.4, -0.2) is 34.0 Å². The minimum absolute atomic E-state index is 0.214. The number of nitrogens with one attached hydrogen (secondary N) is 2. The lowest BCUT2D eigenvalue weighted by molar-refractivity contribution is 1.13. The standard InChI is InChI=1S/C13H13N5O/c1-18(2)9-5-3-8(4-6-9)11-16-10-12(17-11)14-7-15-13(10)19/h3-7H,1-2H3,(H2,14,15,16,17,19). The first-order valence-electron chi connectivity index (χ1n) is 5.86. The Morgan fingerprint density at radius 1 is 1.16 bits per heavy atom. The molecular formula is C13H13N5O. The van der Waals surface area contributed by atoms with Gasteiger partial charge >= 0.3 is 0 Å². The number of benzene rings is 1. The van der Waals surface area contributed by atoms with Gasteiger partial charge in [0.05, 0.1) is 6.33 Å². The lowest BCUT2D eigenvalue weighted by Crippen LogP contribution is -2.07. The van der Waals surface area contributed by atoms with Gasteiger partial charge < -0.3 is 14.9 Å². The Morgan fingerprint density at radius 3 is 2.53 bits per heavy atom. The van der Waals surface area contributed by atoms with E-state index in [0.29, 0.717) is 17.0 Å². The number of aromatic amines is 2. The van der Waals surface area contributed by atoms with E-state index in [1.165, 1.54) is 6.33 Å². The molecule has 0 atom stereocenters. The van der Waals surface area contributed by atoms with Crippen LogP contribution in [0.2, 0.25) is 0 Å². The number of hydrogen-bond donors (Lipinski definition) is 2. The number of nitrogens with zero attached hydrogens (tertiary/aromatic N) is 3. The maximum Gasteiger partial charge on any atom is 0.276 e. The fourth-order valence-corrected chi connectivity index (χ4v) is 1.89. The molecule has 1 aromatic carbocycles. The van der Waals surface area contributed by atoms with Crippen LogP contribution in [0.5, 0.6) is 0 Å². The fraction of sp³-hybridized carbons (Fsp3) is 0.154. The topological polar surface area (TPSA) is 77.7 Å². The monoisotopic (exact) mass is 255 g/mol. The van der Waals surface area contributed by atoms with E-state index in [1.54, 1.807) is 0 Å². The third-order valence-electron chi connectivity index (χ3n) is 2.95. The van der Waals surface area contributed by atoms with E-state index in [0.717, 1.165) is 11.3 Å². The Hall–Kier alpha value is -2.63. The van der Waals surface area contributed by atoms with Gasteiger partial charge in [0, 0.05) is 25.3 Å². The molecular weight excluding hydrogens is 242 g/mol. The molecule has 0 aliphatic heterocycles. The zero-order valence-corrected chi connectivity index (χ0v) is 10.6. The van der Waals surface area contributed by atoms with Gasteiger partial charge in [-0.05, 0) is 24.3 Å². The van der Waals surface area contributed by atoms with Gasteiger partial charge in [-0.3, -0.25) is 4.79 Å². The number of anilines is 1. The highest BCUT2D eigenvalue weighted by Crippen LogP contribution is 2.20. The van der Waals surface area contributed by atoms with Gasteiger partial charge in [0.2, 0.25) is 0 Å². The smallest absolute Gasteiger partial charge is 0.276 e. The van der Waals surface area contributed by atoms with E-state index in [-0.39, 0.29) is 5.56 Å². The minimum atomic E-state index is -0.214. The van der Waals surface area contributed by atoms with Crippen molar-refractivity contribution in [3.63, 3.8) is 0 Å². The highest BCUT2D eigenvalue weighted by atomic mass is 16.1. The van der Waals surface area contributed by atoms with Crippen LogP contribution in [-0.2, 0) is 0 Å². The number of H-pyrrole nitrogens is 2. The van der Waals surface area contributed by atoms with Crippen molar-refractivity contribution in [1.29, 1.82) is 0 Å². The molecule has 2 N–H and O–H groups in total. The maximum atomic E-state index is 11.6. The molecule has 6 nitrogen and oxygen atoms in total. The molecule has 0 saturated heterocycles. The van der Waals surface area contributed by atoms with Crippen molar-refractivity contribution in [2.24, 2.45) is 0 Å². The largest absolute Gasteiger partial charge is 0.378 e. The summed E-state index contributed by atoms with van der Waals surface area (Å²) in [6.07, 6.45) is 1.35. The van der Waals surface area contributed by atoms with Crippen molar-refractivity contribution in [1.82, 2.24) is 19.9 Å². The molecule has 0 saturated carbocycles. The Balaban J connectivity index is 2.09. The van der Waals surface area contributed by atoms with E-state index >= 15 is 0 Å². The predicted molar refractivity (Wildman–Crippen MR) is 74.3 cm³/mol. The van der Waals surface area contributed by atoms with E-state index in [9.17, 15) is 4.79 Å². The molecule has 2 heterocycles. The van der Waals surface area contributed by atoms with Gasteiger partial charge in [0.25, 0.3) is 5.56 Å². The van der Waals surface area contributed by atoms with Crippen LogP contribution in [0, 0.1) is 0 Å². The number of fused-ring (bicyclic) bond motifs is 1. The summed E-state index contributed by atoms with van der Waals surface area (Å²) in [5.41, 5.74) is 2.64. The van der Waals surface area contributed by atoms with Gasteiger partial charge in [-0.1, -0.05) is 0 Å². The molecule has 0 fully saturated rings. The maximum absolute atomic E-state index is 11.6. The number of hydrogen-bond acceptors (Lipinski definition) is 4. The minimum Gasteiger partial charge on any atom is -0.378 e. The fourth-order valence-electron chi connectivity index (χ4n) is 1.89. The molecule has 0 bridgehead atoms. The van der Waals surface area contributed by atoms with Crippen LogP contribution in [0.4, 0.5) is 5.69 Å². The summed E-state index contributed by atoms with van der Waals surface area (Å²) in [5.74, 6) is 0.643. The Bertz CT molecular complexity index is 770. The average molecular weight is 255 g/mol. The van der Waals surface area contributed by atoms with Crippen molar-refractivity contribution in [2.75, 3.05) is 19.0 Å². The van der Waals surface area contributed by atoms with Crippen LogP contribution in [0.3, 0.4) is 0 Å². The molecule has 2 aromatic heterocycles. The third kappa shape index (κ3) is 1.97. The van der Waals surface area contributed by atoms with Crippen molar-refractivity contribution in [3.8, 4) is 11.4 Å². The molecule has 0 aliphatic carbocycles. The predicted octanol–water partition coefficient (Wildman–Crippen LogP) is 1.38. The second-order valence-corrected chi connectivity index (χ2v) is 4.46. The summed E-state index contributed by atoms with van der Waals surface area (Å²) < 4.78 is 0. The van der Waals surface area contributed by atoms with Crippen LogP contribution in [0.25, 0.3) is 22.6 Å². The van der Waals surface area contributed by atoms with E-state index in [2.05, 4.69) is 19.9 Å². The van der Waals surface area contributed by atoms with Crippen LogP contribution >= 0.6 is 0 Å². The quantitative estimate of drug-likeness (QED) is 0.725. The van der Waals surface area contributed by atoms with Crippen LogP contribution < -0.4 is 10.5 Å². The van der Waals surface area contributed by atoms with Crippen LogP contribution in [0.15, 0.2) is 35.4 Å². The van der Waals surface area contributed by atoms with Crippen molar-refractivity contribution >= 4 is 16.9 Å². The van der Waals surface area contributed by atoms with Gasteiger partial charge in [0.15, 0.2) is 11.2 Å². The third-order valence-corrected chi connectivity index (χ3v) is 2.95. The van der Waals surface area contributed by atoms with E-state index in [4.69, 9.17) is 0 Å². The van der Waals surface area contributed by atoms with Crippen LogP contribution in [0.1, 0.15) is 0 Å². The normalized spacial score (nSPS) is 10.8. The molecule has 19 heavy (non-hydrogen) atoms. The summed E-state index contributed by atoms with van der Waals surface area (Å²) >= 11 is 0. The van der Waals surface area contributed by atoms with Crippen molar-refractivity contribution < 1.29 is 0 Å². The first-order chi connectivity index (χ1) is 9.15. The molecule has 6 heteroatoms. The summed E-state index contributed by atoms with van der Waals surface area (Å²) in [4.78, 5) is 27.5. The first-order valence-corrected chi connectivity index (χ1v) is 5.86. The molecule has 0 spiro atoms. The zero-order chi connectivity index (χ0) is 13.4. The Kier molecular flexibility index (Phi) is 2.56. The molecule has 3 rings (SSSR count). The number of aromatic nitrogens is 4. The molecule has 96 valence electrons. The lowest BCUT2D eigenvalue weighted by Gasteiger charge is -2.11. The highest BCUT2D eigenvalue weighted by molar-refractivity contribution is 5.75. The van der Waals surface area contributed by atoms with E-state index in [1.807, 2.05) is 43.3 Å². The molecule has 0 aliphatic rings. The SMILES string of the molecule is CN(C)c1ccc(-c2nc3nc[nH]c(=O)c3[nH]2)cc1. The van der Waals surface area contributed by atoms with Gasteiger partial charge in [-0.25, -0.2) is 9.97 Å². The van der Waals surface area contributed by atoms with Gasteiger partial charge in [-0.15, -0.1) is 0 Å². The molecule has 0 radical (unpaired) electrons. The number of imidazole rings is 1. The highest BCUT2D eigenvalue weighted by Gasteiger charge is 2.08. The first kappa shape index (κ1) is 11.5. The Labute approximate surface area is 109 Å². The number of rotatable bonds is 2. The summed E-state index contributed by atoms with van der Waals surface area (Å²) in [6.45, 7) is 0. The summed E-state index contributed by atoms with van der Waals surface area (Å²) in [5, 5.41) is 0. The summed E-state index contributed by atoms with van der Waals surface area (Å²) in [7, 11) is 3.97. The van der Waals surface area contributed by atoms with E-state index < -0.39 is 0 Å². The molecule has 0 amide bonds. The molecule has 0 unspecified atom stereocenters. The van der Waals surface area contributed by atoms with Gasteiger partial charge in [0.1, 0.15) is 5.82 Å². The Morgan fingerprint density at radius 2 is 1.89 bits per heavy atom. The zero-order valence-electron chi connectivity index (χ0n) is 10.6.